The molecule has 6 heteroatoms. The van der Waals surface area contributed by atoms with Crippen LogP contribution in [0.3, 0.4) is 0 Å². The highest BCUT2D eigenvalue weighted by molar-refractivity contribution is 5.43. The molecule has 1 heterocycles. The van der Waals surface area contributed by atoms with E-state index in [4.69, 9.17) is 14.6 Å². The van der Waals surface area contributed by atoms with Gasteiger partial charge in [-0.25, -0.2) is 8.78 Å². The van der Waals surface area contributed by atoms with Gasteiger partial charge in [0, 0.05) is 6.54 Å². The number of hydrogen-bond donors (Lipinski definition) is 2. The van der Waals surface area contributed by atoms with Gasteiger partial charge in [0.1, 0.15) is 19.8 Å². The molecule has 1 aliphatic heterocycles. The van der Waals surface area contributed by atoms with Crippen LogP contribution in [0.2, 0.25) is 0 Å². The molecule has 0 saturated heterocycles. The van der Waals surface area contributed by atoms with E-state index in [1.807, 2.05) is 0 Å². The van der Waals surface area contributed by atoms with E-state index in [9.17, 15) is 8.78 Å². The third kappa shape index (κ3) is 3.30. The molecular weight excluding hydrogens is 244 g/mol. The molecule has 2 rings (SSSR count). The van der Waals surface area contributed by atoms with Crippen LogP contribution in [0.15, 0.2) is 18.2 Å². The number of fused-ring (bicyclic) bond motifs is 1. The van der Waals surface area contributed by atoms with E-state index in [0.29, 0.717) is 24.7 Å². The van der Waals surface area contributed by atoms with E-state index in [-0.39, 0.29) is 6.54 Å². The zero-order chi connectivity index (χ0) is 13.0. The second-order valence-electron chi connectivity index (χ2n) is 4.10. The van der Waals surface area contributed by atoms with Gasteiger partial charge in [0.25, 0.3) is 5.92 Å². The molecule has 0 fully saturated rings. The second kappa shape index (κ2) is 5.49. The first-order valence-electron chi connectivity index (χ1n) is 5.69. The van der Waals surface area contributed by atoms with Gasteiger partial charge in [-0.3, -0.25) is 0 Å². The average Bonchev–Trinajstić information content (AvgIpc) is 2.38. The van der Waals surface area contributed by atoms with Crippen molar-refractivity contribution in [2.45, 2.75) is 12.5 Å². The molecule has 0 amide bonds. The van der Waals surface area contributed by atoms with Crippen molar-refractivity contribution in [3.63, 3.8) is 0 Å². The molecule has 0 saturated carbocycles. The number of hydrogen-bond acceptors (Lipinski definition) is 4. The predicted octanol–water partition coefficient (Wildman–Crippen LogP) is 1.18. The van der Waals surface area contributed by atoms with Crippen molar-refractivity contribution in [2.75, 3.05) is 26.4 Å². The number of nitrogens with one attached hydrogen (secondary N) is 1. The molecule has 4 nitrogen and oxygen atoms in total. The van der Waals surface area contributed by atoms with Crippen LogP contribution in [0.1, 0.15) is 5.56 Å². The van der Waals surface area contributed by atoms with Crippen molar-refractivity contribution >= 4 is 0 Å². The molecule has 0 unspecified atom stereocenters. The van der Waals surface area contributed by atoms with E-state index in [2.05, 4.69) is 5.32 Å². The van der Waals surface area contributed by atoms with Crippen LogP contribution in [0.25, 0.3) is 0 Å². The third-order valence-electron chi connectivity index (χ3n) is 2.55. The van der Waals surface area contributed by atoms with E-state index in [1.54, 1.807) is 18.2 Å². The van der Waals surface area contributed by atoms with Crippen molar-refractivity contribution in [1.29, 1.82) is 0 Å². The van der Waals surface area contributed by atoms with Gasteiger partial charge in [0.05, 0.1) is 6.54 Å². The van der Waals surface area contributed by atoms with Gasteiger partial charge in [-0.2, -0.15) is 0 Å². The van der Waals surface area contributed by atoms with Crippen molar-refractivity contribution in [1.82, 2.24) is 5.32 Å². The number of ether oxygens (including phenoxy) is 2. The van der Waals surface area contributed by atoms with Gasteiger partial charge in [-0.15, -0.1) is 0 Å². The lowest BCUT2D eigenvalue weighted by Gasteiger charge is -2.19. The lowest BCUT2D eigenvalue weighted by molar-refractivity contribution is -0.0477. The van der Waals surface area contributed by atoms with Crippen molar-refractivity contribution in [3.05, 3.63) is 23.8 Å². The highest BCUT2D eigenvalue weighted by atomic mass is 19.3. The van der Waals surface area contributed by atoms with Crippen molar-refractivity contribution in [3.8, 4) is 11.5 Å². The van der Waals surface area contributed by atoms with Crippen LogP contribution in [0.4, 0.5) is 8.78 Å². The van der Waals surface area contributed by atoms with Gasteiger partial charge in [-0.1, -0.05) is 6.07 Å². The molecule has 0 atom stereocenters. The molecular formula is C12H15F2NO3. The molecule has 2 N–H and O–H groups in total. The fourth-order valence-electron chi connectivity index (χ4n) is 1.64. The summed E-state index contributed by atoms with van der Waals surface area (Å²) in [5.74, 6) is -1.78. The Kier molecular flexibility index (Phi) is 3.98. The van der Waals surface area contributed by atoms with Crippen LogP contribution in [0.5, 0.6) is 11.5 Å². The minimum Gasteiger partial charge on any atom is -0.486 e. The summed E-state index contributed by atoms with van der Waals surface area (Å²) in [5, 5.41) is 11.0. The van der Waals surface area contributed by atoms with Gasteiger partial charge in [-0.05, 0) is 17.7 Å². The molecule has 1 aromatic carbocycles. The highest BCUT2D eigenvalue weighted by Gasteiger charge is 2.26. The number of aliphatic hydroxyl groups excluding tert-OH is 1. The Bertz CT molecular complexity index is 412. The lowest BCUT2D eigenvalue weighted by Crippen LogP contribution is -2.35. The number of benzene rings is 1. The fraction of sp³-hybridized carbons (Fsp3) is 0.500. The molecule has 100 valence electrons. The quantitative estimate of drug-likeness (QED) is 0.833. The van der Waals surface area contributed by atoms with E-state index < -0.39 is 19.1 Å². The summed E-state index contributed by atoms with van der Waals surface area (Å²) in [6.45, 7) is -0.412. The Labute approximate surface area is 104 Å². The van der Waals surface area contributed by atoms with E-state index in [1.165, 1.54) is 0 Å². The largest absolute Gasteiger partial charge is 0.486 e. The van der Waals surface area contributed by atoms with Crippen LogP contribution in [-0.2, 0) is 6.54 Å². The maximum Gasteiger partial charge on any atom is 0.282 e. The van der Waals surface area contributed by atoms with Gasteiger partial charge >= 0.3 is 0 Å². The Hall–Kier alpha value is -1.40. The van der Waals surface area contributed by atoms with Gasteiger partial charge < -0.3 is 19.9 Å². The lowest BCUT2D eigenvalue weighted by atomic mass is 10.2. The van der Waals surface area contributed by atoms with Crippen molar-refractivity contribution in [2.24, 2.45) is 0 Å². The maximum absolute atomic E-state index is 12.8. The molecule has 0 spiro atoms. The van der Waals surface area contributed by atoms with Crippen LogP contribution in [-0.4, -0.2) is 37.4 Å². The first-order valence-corrected chi connectivity index (χ1v) is 5.69. The summed E-state index contributed by atoms with van der Waals surface area (Å²) in [5.41, 5.74) is 0.827. The Balaban J connectivity index is 1.90. The fourth-order valence-corrected chi connectivity index (χ4v) is 1.64. The first kappa shape index (κ1) is 13.0. The minimum absolute atomic E-state index is 0.284. The summed E-state index contributed by atoms with van der Waals surface area (Å²) in [6.07, 6.45) is 0. The Morgan fingerprint density at radius 2 is 1.94 bits per heavy atom. The summed E-state index contributed by atoms with van der Waals surface area (Å²) in [6, 6.07) is 5.31. The maximum atomic E-state index is 12.8. The first-order chi connectivity index (χ1) is 8.61. The molecule has 0 bridgehead atoms. The van der Waals surface area contributed by atoms with Crippen molar-refractivity contribution < 1.29 is 23.4 Å². The zero-order valence-corrected chi connectivity index (χ0v) is 9.79. The summed E-state index contributed by atoms with van der Waals surface area (Å²) in [4.78, 5) is 0. The molecule has 0 aliphatic carbocycles. The van der Waals surface area contributed by atoms with E-state index >= 15 is 0 Å². The number of rotatable bonds is 5. The number of alkyl halides is 2. The normalized spacial score (nSPS) is 14.6. The molecule has 18 heavy (non-hydrogen) atoms. The second-order valence-corrected chi connectivity index (χ2v) is 4.10. The summed E-state index contributed by atoms with van der Waals surface area (Å²) < 4.78 is 36.3. The topological polar surface area (TPSA) is 50.7 Å². The zero-order valence-electron chi connectivity index (χ0n) is 9.79. The average molecular weight is 259 g/mol. The Morgan fingerprint density at radius 1 is 1.22 bits per heavy atom. The monoisotopic (exact) mass is 259 g/mol. The standard InChI is InChI=1S/C12H15F2NO3/c13-12(14,8-16)7-15-6-9-1-2-10-11(5-9)18-4-3-17-10/h1-2,5,15-16H,3-4,6-8H2. The van der Waals surface area contributed by atoms with Crippen LogP contribution >= 0.6 is 0 Å². The third-order valence-corrected chi connectivity index (χ3v) is 2.55. The predicted molar refractivity (Wildman–Crippen MR) is 61.2 cm³/mol. The SMILES string of the molecule is OCC(F)(F)CNCc1ccc2c(c1)OCCO2. The number of halogens is 2. The molecule has 1 aliphatic rings. The molecule has 1 aromatic rings. The smallest absolute Gasteiger partial charge is 0.282 e. The van der Waals surface area contributed by atoms with Crippen LogP contribution in [0, 0.1) is 0 Å². The number of aliphatic hydroxyl groups is 1. The van der Waals surface area contributed by atoms with E-state index in [0.717, 1.165) is 5.56 Å². The highest BCUT2D eigenvalue weighted by Crippen LogP contribution is 2.30. The van der Waals surface area contributed by atoms with Gasteiger partial charge in [0.2, 0.25) is 0 Å². The van der Waals surface area contributed by atoms with Gasteiger partial charge in [0.15, 0.2) is 11.5 Å². The molecule has 0 radical (unpaired) electrons. The Morgan fingerprint density at radius 3 is 2.67 bits per heavy atom. The summed E-state index contributed by atoms with van der Waals surface area (Å²) >= 11 is 0. The molecule has 0 aromatic heterocycles. The minimum atomic E-state index is -3.09. The summed E-state index contributed by atoms with van der Waals surface area (Å²) in [7, 11) is 0. The van der Waals surface area contributed by atoms with Crippen LogP contribution < -0.4 is 14.8 Å².